The van der Waals surface area contributed by atoms with E-state index in [-0.39, 0.29) is 6.09 Å². The highest BCUT2D eigenvalue weighted by Gasteiger charge is 2.41. The smallest absolute Gasteiger partial charge is 0.410 e. The average molecular weight is 292 g/mol. The third kappa shape index (κ3) is 3.60. The van der Waals surface area contributed by atoms with Gasteiger partial charge in [-0.25, -0.2) is 4.79 Å². The van der Waals surface area contributed by atoms with Crippen molar-refractivity contribution in [1.82, 2.24) is 10.2 Å². The second kappa shape index (κ2) is 5.64. The summed E-state index contributed by atoms with van der Waals surface area (Å²) in [6.45, 7) is 7.41. The van der Waals surface area contributed by atoms with Crippen LogP contribution in [0.5, 0.6) is 0 Å². The van der Waals surface area contributed by atoms with Gasteiger partial charge in [0.2, 0.25) is 0 Å². The fourth-order valence-corrected chi connectivity index (χ4v) is 3.45. The van der Waals surface area contributed by atoms with E-state index in [0.29, 0.717) is 12.1 Å². The first kappa shape index (κ1) is 14.9. The fraction of sp³-hybridized carbons (Fsp3) is 0.824. The summed E-state index contributed by atoms with van der Waals surface area (Å²) >= 11 is 0. The molecule has 0 bridgehead atoms. The SMILES string of the molecule is CC(C)(C)OC(=O)N(CCNC1CC2CC=CC21)C1CC1. The molecule has 0 aromatic rings. The summed E-state index contributed by atoms with van der Waals surface area (Å²) in [6, 6.07) is 1.02. The van der Waals surface area contributed by atoms with E-state index >= 15 is 0 Å². The number of nitrogens with zero attached hydrogens (tertiary/aromatic N) is 1. The van der Waals surface area contributed by atoms with Crippen LogP contribution >= 0.6 is 0 Å². The van der Waals surface area contributed by atoms with Crippen LogP contribution in [0.15, 0.2) is 12.2 Å². The van der Waals surface area contributed by atoms with E-state index in [1.807, 2.05) is 25.7 Å². The second-order valence-corrected chi connectivity index (χ2v) is 7.70. The van der Waals surface area contributed by atoms with E-state index in [1.165, 1.54) is 12.8 Å². The lowest BCUT2D eigenvalue weighted by Crippen LogP contribution is -2.50. The van der Waals surface area contributed by atoms with Crippen molar-refractivity contribution in [3.63, 3.8) is 0 Å². The molecular weight excluding hydrogens is 264 g/mol. The lowest BCUT2D eigenvalue weighted by Gasteiger charge is -2.41. The zero-order chi connectivity index (χ0) is 15.0. The van der Waals surface area contributed by atoms with Gasteiger partial charge in [0.05, 0.1) is 0 Å². The van der Waals surface area contributed by atoms with Crippen molar-refractivity contribution >= 4 is 6.09 Å². The van der Waals surface area contributed by atoms with Gasteiger partial charge in [-0.1, -0.05) is 12.2 Å². The zero-order valence-electron chi connectivity index (χ0n) is 13.5. The number of allylic oxidation sites excluding steroid dienone is 1. The predicted octanol–water partition coefficient (Wildman–Crippen LogP) is 2.94. The molecule has 1 N–H and O–H groups in total. The highest BCUT2D eigenvalue weighted by atomic mass is 16.6. The molecule has 3 unspecified atom stereocenters. The van der Waals surface area contributed by atoms with Crippen molar-refractivity contribution in [2.24, 2.45) is 11.8 Å². The highest BCUT2D eigenvalue weighted by Crippen LogP contribution is 2.42. The van der Waals surface area contributed by atoms with Crippen molar-refractivity contribution in [2.75, 3.05) is 13.1 Å². The van der Waals surface area contributed by atoms with Crippen LogP contribution in [-0.2, 0) is 4.74 Å². The summed E-state index contributed by atoms with van der Waals surface area (Å²) in [5, 5.41) is 3.62. The summed E-state index contributed by atoms with van der Waals surface area (Å²) in [7, 11) is 0. The molecule has 0 heterocycles. The zero-order valence-corrected chi connectivity index (χ0v) is 13.5. The van der Waals surface area contributed by atoms with E-state index < -0.39 is 5.60 Å². The number of carbonyl (C=O) groups is 1. The number of rotatable bonds is 5. The Labute approximate surface area is 127 Å². The molecule has 0 saturated heterocycles. The lowest BCUT2D eigenvalue weighted by molar-refractivity contribution is 0.0229. The minimum absolute atomic E-state index is 0.154. The Morgan fingerprint density at radius 2 is 2.14 bits per heavy atom. The van der Waals surface area contributed by atoms with Crippen LogP contribution in [0.2, 0.25) is 0 Å². The topological polar surface area (TPSA) is 41.6 Å². The largest absolute Gasteiger partial charge is 0.444 e. The lowest BCUT2D eigenvalue weighted by atomic mass is 9.71. The molecule has 0 aromatic carbocycles. The maximum absolute atomic E-state index is 12.2. The normalized spacial score (nSPS) is 30.7. The molecule has 2 saturated carbocycles. The van der Waals surface area contributed by atoms with Crippen molar-refractivity contribution in [2.45, 2.75) is 64.1 Å². The van der Waals surface area contributed by atoms with Crippen molar-refractivity contribution in [3.05, 3.63) is 12.2 Å². The van der Waals surface area contributed by atoms with Gasteiger partial charge >= 0.3 is 6.09 Å². The highest BCUT2D eigenvalue weighted by molar-refractivity contribution is 5.69. The Morgan fingerprint density at radius 1 is 1.38 bits per heavy atom. The maximum Gasteiger partial charge on any atom is 0.410 e. The molecule has 3 rings (SSSR count). The molecule has 1 amide bonds. The van der Waals surface area contributed by atoms with E-state index in [2.05, 4.69) is 17.5 Å². The Morgan fingerprint density at radius 3 is 2.76 bits per heavy atom. The van der Waals surface area contributed by atoms with Gasteiger partial charge in [0.15, 0.2) is 0 Å². The van der Waals surface area contributed by atoms with Crippen LogP contribution in [0.1, 0.15) is 46.5 Å². The quantitative estimate of drug-likeness (QED) is 0.792. The van der Waals surface area contributed by atoms with Crippen molar-refractivity contribution < 1.29 is 9.53 Å². The van der Waals surface area contributed by atoms with Crippen LogP contribution in [-0.4, -0.2) is 41.8 Å². The van der Waals surface area contributed by atoms with Gasteiger partial charge in [0.1, 0.15) is 5.60 Å². The second-order valence-electron chi connectivity index (χ2n) is 7.70. The molecule has 4 heteroatoms. The minimum atomic E-state index is -0.409. The van der Waals surface area contributed by atoms with Gasteiger partial charge < -0.3 is 15.0 Å². The molecule has 4 nitrogen and oxygen atoms in total. The molecule has 2 fully saturated rings. The van der Waals surface area contributed by atoms with Crippen LogP contribution in [0.3, 0.4) is 0 Å². The standard InChI is InChI=1S/C17H28N2O2/c1-17(2,3)21-16(20)19(13-7-8-13)10-9-18-15-11-12-5-4-6-14(12)15/h4,6,12-15,18H,5,7-11H2,1-3H3. The van der Waals surface area contributed by atoms with Crippen molar-refractivity contribution in [1.29, 1.82) is 0 Å². The minimum Gasteiger partial charge on any atom is -0.444 e. The number of hydrogen-bond acceptors (Lipinski definition) is 3. The Hall–Kier alpha value is -1.03. The van der Waals surface area contributed by atoms with Crippen LogP contribution in [0, 0.1) is 11.8 Å². The van der Waals surface area contributed by atoms with Gasteiger partial charge in [0.25, 0.3) is 0 Å². The number of fused-ring (bicyclic) bond motifs is 1. The number of carbonyl (C=O) groups excluding carboxylic acids is 1. The summed E-state index contributed by atoms with van der Waals surface area (Å²) in [4.78, 5) is 14.2. The number of amides is 1. The summed E-state index contributed by atoms with van der Waals surface area (Å²) in [5.41, 5.74) is -0.409. The molecule has 3 atom stereocenters. The fourth-order valence-electron chi connectivity index (χ4n) is 3.45. The van der Waals surface area contributed by atoms with Gasteiger partial charge in [-0.2, -0.15) is 0 Å². The molecule has 118 valence electrons. The molecule has 3 aliphatic carbocycles. The van der Waals surface area contributed by atoms with E-state index in [9.17, 15) is 4.79 Å². The average Bonchev–Trinajstić information content (AvgIpc) is 3.11. The Bertz CT molecular complexity index is 423. The maximum atomic E-state index is 12.2. The van der Waals surface area contributed by atoms with E-state index in [4.69, 9.17) is 4.74 Å². The first-order valence-electron chi connectivity index (χ1n) is 8.34. The number of ether oxygens (including phenoxy) is 1. The summed E-state index contributed by atoms with van der Waals surface area (Å²) in [6.07, 6.45) is 9.31. The van der Waals surface area contributed by atoms with Crippen LogP contribution in [0.25, 0.3) is 0 Å². The number of nitrogens with one attached hydrogen (secondary N) is 1. The Balaban J connectivity index is 1.43. The molecule has 0 aliphatic heterocycles. The molecule has 21 heavy (non-hydrogen) atoms. The molecule has 0 aromatic heterocycles. The summed E-state index contributed by atoms with van der Waals surface area (Å²) in [5.74, 6) is 1.62. The van der Waals surface area contributed by atoms with Crippen LogP contribution in [0.4, 0.5) is 4.79 Å². The van der Waals surface area contributed by atoms with Gasteiger partial charge in [-0.3, -0.25) is 0 Å². The summed E-state index contributed by atoms with van der Waals surface area (Å²) < 4.78 is 5.52. The van der Waals surface area contributed by atoms with E-state index in [0.717, 1.165) is 37.8 Å². The predicted molar refractivity (Wildman–Crippen MR) is 83.1 cm³/mol. The first-order valence-corrected chi connectivity index (χ1v) is 8.34. The third-order valence-electron chi connectivity index (χ3n) is 4.74. The van der Waals surface area contributed by atoms with Gasteiger partial charge in [-0.15, -0.1) is 0 Å². The molecule has 0 radical (unpaired) electrons. The monoisotopic (exact) mass is 292 g/mol. The Kier molecular flexibility index (Phi) is 4.00. The molecule has 3 aliphatic rings. The number of hydrogen-bond donors (Lipinski definition) is 1. The first-order chi connectivity index (χ1) is 9.94. The molecule has 0 spiro atoms. The van der Waals surface area contributed by atoms with Crippen LogP contribution < -0.4 is 5.32 Å². The molecular formula is C17H28N2O2. The van der Waals surface area contributed by atoms with Gasteiger partial charge in [0, 0.05) is 25.2 Å². The van der Waals surface area contributed by atoms with E-state index in [1.54, 1.807) is 0 Å². The van der Waals surface area contributed by atoms with Gasteiger partial charge in [-0.05, 0) is 58.3 Å². The third-order valence-corrected chi connectivity index (χ3v) is 4.74. The van der Waals surface area contributed by atoms with Crippen molar-refractivity contribution in [3.8, 4) is 0 Å².